The molecule has 0 aliphatic carbocycles. The highest BCUT2D eigenvalue weighted by molar-refractivity contribution is 6.36. The van der Waals surface area contributed by atoms with E-state index in [9.17, 15) is 9.59 Å². The Hall–Kier alpha value is -2.63. The van der Waals surface area contributed by atoms with Crippen molar-refractivity contribution >= 4 is 29.0 Å². The van der Waals surface area contributed by atoms with E-state index in [1.165, 1.54) is 4.90 Å². The predicted molar refractivity (Wildman–Crippen MR) is 119 cm³/mol. The lowest BCUT2D eigenvalue weighted by Crippen LogP contribution is -2.47. The van der Waals surface area contributed by atoms with Gasteiger partial charge < -0.3 is 9.80 Å². The van der Waals surface area contributed by atoms with Crippen LogP contribution >= 0.6 is 11.6 Å². The van der Waals surface area contributed by atoms with Gasteiger partial charge in [-0.1, -0.05) is 61.0 Å². The van der Waals surface area contributed by atoms with Crippen LogP contribution in [-0.4, -0.2) is 65.8 Å². The van der Waals surface area contributed by atoms with Gasteiger partial charge in [0.1, 0.15) is 5.70 Å². The van der Waals surface area contributed by atoms with E-state index in [1.54, 1.807) is 12.1 Å². The second kappa shape index (κ2) is 9.02. The molecule has 2 aromatic rings. The van der Waals surface area contributed by atoms with Gasteiger partial charge in [0.05, 0.1) is 5.57 Å². The van der Waals surface area contributed by atoms with E-state index in [0.29, 0.717) is 29.3 Å². The molecule has 0 unspecified atom stereocenters. The minimum absolute atomic E-state index is 0.189. The second-order valence-corrected chi connectivity index (χ2v) is 8.09. The molecule has 2 aromatic carbocycles. The van der Waals surface area contributed by atoms with Crippen LogP contribution in [0.2, 0.25) is 5.02 Å². The Kier molecular flexibility index (Phi) is 6.21. The molecule has 156 valence electrons. The third kappa shape index (κ3) is 4.13. The van der Waals surface area contributed by atoms with Crippen molar-refractivity contribution in [1.82, 2.24) is 14.7 Å². The fourth-order valence-electron chi connectivity index (χ4n) is 4.11. The summed E-state index contributed by atoms with van der Waals surface area (Å²) in [4.78, 5) is 32.6. The molecule has 2 aliphatic heterocycles. The number of halogens is 1. The van der Waals surface area contributed by atoms with Gasteiger partial charge in [-0.25, -0.2) is 0 Å². The zero-order valence-electron chi connectivity index (χ0n) is 17.2. The van der Waals surface area contributed by atoms with Crippen LogP contribution in [0.1, 0.15) is 18.1 Å². The standard InChI is InChI=1S/C24H26ClN3O2/c1-2-26-14-16-27(17-15-26)22-21(19-8-10-20(25)11-9-19)23(29)28(24(22)30)13-12-18-6-4-3-5-7-18/h3-11H,2,12-17H2,1H3. The predicted octanol–water partition coefficient (Wildman–Crippen LogP) is 3.30. The van der Waals surface area contributed by atoms with Crippen LogP contribution in [0.5, 0.6) is 0 Å². The maximum Gasteiger partial charge on any atom is 0.277 e. The number of nitrogens with zero attached hydrogens (tertiary/aromatic N) is 3. The second-order valence-electron chi connectivity index (χ2n) is 7.65. The minimum atomic E-state index is -0.217. The monoisotopic (exact) mass is 423 g/mol. The number of rotatable bonds is 6. The first-order chi connectivity index (χ1) is 14.6. The number of benzene rings is 2. The normalized spacial score (nSPS) is 17.9. The summed E-state index contributed by atoms with van der Waals surface area (Å²) >= 11 is 6.05. The van der Waals surface area contributed by atoms with E-state index in [0.717, 1.165) is 43.9 Å². The molecule has 1 saturated heterocycles. The number of hydrogen-bond acceptors (Lipinski definition) is 4. The summed E-state index contributed by atoms with van der Waals surface area (Å²) in [5.41, 5.74) is 2.88. The number of imide groups is 1. The number of amides is 2. The lowest BCUT2D eigenvalue weighted by Gasteiger charge is -2.36. The number of hydrogen-bond donors (Lipinski definition) is 0. The highest BCUT2D eigenvalue weighted by Crippen LogP contribution is 2.33. The van der Waals surface area contributed by atoms with Crippen LogP contribution in [0.15, 0.2) is 60.3 Å². The number of carbonyl (C=O) groups is 2. The summed E-state index contributed by atoms with van der Waals surface area (Å²) in [5.74, 6) is -0.406. The van der Waals surface area contributed by atoms with E-state index >= 15 is 0 Å². The molecule has 4 rings (SSSR count). The summed E-state index contributed by atoms with van der Waals surface area (Å²) in [5, 5.41) is 0.607. The Morgan fingerprint density at radius 3 is 2.17 bits per heavy atom. The van der Waals surface area contributed by atoms with Crippen molar-refractivity contribution in [2.45, 2.75) is 13.3 Å². The van der Waals surface area contributed by atoms with Crippen LogP contribution in [0.25, 0.3) is 5.57 Å². The fourth-order valence-corrected chi connectivity index (χ4v) is 4.24. The van der Waals surface area contributed by atoms with E-state index in [4.69, 9.17) is 11.6 Å². The highest BCUT2D eigenvalue weighted by atomic mass is 35.5. The minimum Gasteiger partial charge on any atom is -0.364 e. The summed E-state index contributed by atoms with van der Waals surface area (Å²) in [6.07, 6.45) is 0.642. The van der Waals surface area contributed by atoms with Crippen LogP contribution < -0.4 is 0 Å². The molecule has 30 heavy (non-hydrogen) atoms. The van der Waals surface area contributed by atoms with Crippen molar-refractivity contribution in [2.75, 3.05) is 39.3 Å². The van der Waals surface area contributed by atoms with Gasteiger partial charge in [-0.15, -0.1) is 0 Å². The fraction of sp³-hybridized carbons (Fsp3) is 0.333. The molecule has 0 saturated carbocycles. The van der Waals surface area contributed by atoms with Gasteiger partial charge >= 0.3 is 0 Å². The lowest BCUT2D eigenvalue weighted by atomic mass is 10.0. The summed E-state index contributed by atoms with van der Waals surface area (Å²) < 4.78 is 0. The van der Waals surface area contributed by atoms with Gasteiger partial charge in [0.2, 0.25) is 0 Å². The van der Waals surface area contributed by atoms with Crippen LogP contribution in [0.3, 0.4) is 0 Å². The van der Waals surface area contributed by atoms with Gasteiger partial charge in [0.25, 0.3) is 11.8 Å². The third-order valence-corrected chi connectivity index (χ3v) is 6.13. The molecule has 2 amide bonds. The Morgan fingerprint density at radius 2 is 1.53 bits per heavy atom. The summed E-state index contributed by atoms with van der Waals surface area (Å²) in [7, 11) is 0. The first-order valence-electron chi connectivity index (χ1n) is 10.5. The lowest BCUT2D eigenvalue weighted by molar-refractivity contribution is -0.137. The largest absolute Gasteiger partial charge is 0.364 e. The molecule has 2 heterocycles. The Labute approximate surface area is 182 Å². The van der Waals surface area contributed by atoms with Crippen molar-refractivity contribution in [1.29, 1.82) is 0 Å². The molecule has 0 atom stereocenters. The van der Waals surface area contributed by atoms with Gasteiger partial charge in [-0.05, 0) is 36.2 Å². The molecule has 0 radical (unpaired) electrons. The van der Waals surface area contributed by atoms with Gasteiger partial charge in [0, 0.05) is 37.7 Å². The number of piperazine rings is 1. The molecule has 0 aromatic heterocycles. The molecule has 5 nitrogen and oxygen atoms in total. The van der Waals surface area contributed by atoms with Crippen LogP contribution in [-0.2, 0) is 16.0 Å². The zero-order valence-corrected chi connectivity index (χ0v) is 17.9. The quantitative estimate of drug-likeness (QED) is 0.669. The SMILES string of the molecule is CCN1CCN(C2=C(c3ccc(Cl)cc3)C(=O)N(CCc3ccccc3)C2=O)CC1. The van der Waals surface area contributed by atoms with Gasteiger partial charge in [0.15, 0.2) is 0 Å². The van der Waals surface area contributed by atoms with Crippen LogP contribution in [0, 0.1) is 0 Å². The number of likely N-dealkylation sites (N-methyl/N-ethyl adjacent to an activating group) is 1. The summed E-state index contributed by atoms with van der Waals surface area (Å²) in [6.45, 7) is 6.77. The molecule has 6 heteroatoms. The maximum atomic E-state index is 13.4. The first-order valence-corrected chi connectivity index (χ1v) is 10.8. The van der Waals surface area contributed by atoms with Crippen molar-refractivity contribution in [3.8, 4) is 0 Å². The molecular weight excluding hydrogens is 398 g/mol. The topological polar surface area (TPSA) is 43.9 Å². The van der Waals surface area contributed by atoms with E-state index in [1.807, 2.05) is 42.5 Å². The maximum absolute atomic E-state index is 13.4. The van der Waals surface area contributed by atoms with Crippen molar-refractivity contribution in [3.05, 3.63) is 76.4 Å². The Balaban J connectivity index is 1.63. The first kappa shape index (κ1) is 20.6. The van der Waals surface area contributed by atoms with E-state index in [2.05, 4.69) is 16.7 Å². The van der Waals surface area contributed by atoms with Crippen molar-refractivity contribution < 1.29 is 9.59 Å². The molecule has 2 aliphatic rings. The average Bonchev–Trinajstić information content (AvgIpc) is 3.03. The molecule has 0 bridgehead atoms. The Morgan fingerprint density at radius 1 is 0.867 bits per heavy atom. The van der Waals surface area contributed by atoms with Gasteiger partial charge in [-0.3, -0.25) is 14.5 Å². The molecule has 1 fully saturated rings. The average molecular weight is 424 g/mol. The van der Waals surface area contributed by atoms with Crippen molar-refractivity contribution in [3.63, 3.8) is 0 Å². The molecule has 0 spiro atoms. The number of carbonyl (C=O) groups excluding carboxylic acids is 2. The summed E-state index contributed by atoms with van der Waals surface area (Å²) in [6, 6.07) is 17.1. The third-order valence-electron chi connectivity index (χ3n) is 5.88. The smallest absolute Gasteiger partial charge is 0.277 e. The molecular formula is C24H26ClN3O2. The zero-order chi connectivity index (χ0) is 21.1. The van der Waals surface area contributed by atoms with E-state index < -0.39 is 0 Å². The van der Waals surface area contributed by atoms with Crippen LogP contribution in [0.4, 0.5) is 0 Å². The highest BCUT2D eigenvalue weighted by Gasteiger charge is 2.41. The Bertz CT molecular complexity index is 948. The van der Waals surface area contributed by atoms with E-state index in [-0.39, 0.29) is 11.8 Å². The molecule has 0 N–H and O–H groups in total. The van der Waals surface area contributed by atoms with Crippen molar-refractivity contribution in [2.24, 2.45) is 0 Å². The van der Waals surface area contributed by atoms with Gasteiger partial charge in [-0.2, -0.15) is 0 Å².